The number of hydrogen-bond acceptors (Lipinski definition) is 6. The van der Waals surface area contributed by atoms with E-state index in [-0.39, 0.29) is 23.5 Å². The molecule has 1 unspecified atom stereocenters. The van der Waals surface area contributed by atoms with E-state index in [0.717, 1.165) is 23.9 Å². The molecule has 4 heterocycles. The van der Waals surface area contributed by atoms with Gasteiger partial charge < -0.3 is 13.8 Å². The van der Waals surface area contributed by atoms with Crippen LogP contribution in [-0.4, -0.2) is 30.7 Å². The molecule has 4 aromatic rings. The zero-order valence-corrected chi connectivity index (χ0v) is 16.2. The SMILES string of the molecule is CC(C)n1c(=O)c2c(-c3noc(C4CCCO4)n3)ncn2c2ccc(Cl)cc21. The predicted octanol–water partition coefficient (Wildman–Crippen LogP) is 3.79. The number of halogens is 1. The Bertz CT molecular complexity index is 1250. The predicted molar refractivity (Wildman–Crippen MR) is 104 cm³/mol. The van der Waals surface area contributed by atoms with Gasteiger partial charge in [-0.3, -0.25) is 9.20 Å². The van der Waals surface area contributed by atoms with Gasteiger partial charge >= 0.3 is 0 Å². The molecule has 1 aliphatic heterocycles. The molecule has 5 rings (SSSR count). The summed E-state index contributed by atoms with van der Waals surface area (Å²) in [4.78, 5) is 22.2. The summed E-state index contributed by atoms with van der Waals surface area (Å²) < 4.78 is 14.4. The Hall–Kier alpha value is -2.71. The first-order valence-corrected chi connectivity index (χ1v) is 9.59. The molecule has 0 bridgehead atoms. The number of ether oxygens (including phenoxy) is 1. The highest BCUT2D eigenvalue weighted by atomic mass is 35.5. The molecule has 1 aliphatic rings. The Morgan fingerprint density at radius 3 is 2.89 bits per heavy atom. The van der Waals surface area contributed by atoms with Gasteiger partial charge in [-0.15, -0.1) is 0 Å². The van der Waals surface area contributed by atoms with Crippen LogP contribution < -0.4 is 5.56 Å². The van der Waals surface area contributed by atoms with Crippen molar-refractivity contribution < 1.29 is 9.26 Å². The Kier molecular flexibility index (Phi) is 3.99. The largest absolute Gasteiger partial charge is 0.368 e. The van der Waals surface area contributed by atoms with Crippen LogP contribution in [0.25, 0.3) is 28.1 Å². The van der Waals surface area contributed by atoms with Gasteiger partial charge in [-0.1, -0.05) is 16.8 Å². The van der Waals surface area contributed by atoms with Crippen molar-refractivity contribution in [3.8, 4) is 11.5 Å². The normalized spacial score (nSPS) is 17.4. The second-order valence-electron chi connectivity index (χ2n) is 7.17. The fourth-order valence-corrected chi connectivity index (χ4v) is 3.93. The van der Waals surface area contributed by atoms with Gasteiger partial charge in [-0.05, 0) is 44.9 Å². The fraction of sp³-hybridized carbons (Fsp3) is 0.368. The van der Waals surface area contributed by atoms with Crippen molar-refractivity contribution in [2.45, 2.75) is 38.8 Å². The summed E-state index contributed by atoms with van der Waals surface area (Å²) in [6.45, 7) is 4.60. The van der Waals surface area contributed by atoms with Crippen LogP contribution in [0.2, 0.25) is 5.02 Å². The minimum absolute atomic E-state index is 0.0612. The van der Waals surface area contributed by atoms with Gasteiger partial charge in [0.1, 0.15) is 23.6 Å². The number of aromatic nitrogens is 5. The van der Waals surface area contributed by atoms with Gasteiger partial charge in [0.05, 0.1) is 11.0 Å². The van der Waals surface area contributed by atoms with E-state index in [9.17, 15) is 4.79 Å². The van der Waals surface area contributed by atoms with Crippen LogP contribution in [0, 0.1) is 0 Å². The lowest BCUT2D eigenvalue weighted by molar-refractivity contribution is 0.0835. The topological polar surface area (TPSA) is 87.5 Å². The molecule has 0 radical (unpaired) electrons. The maximum atomic E-state index is 13.4. The van der Waals surface area contributed by atoms with Gasteiger partial charge in [0.25, 0.3) is 11.4 Å². The van der Waals surface area contributed by atoms with E-state index in [0.29, 0.717) is 28.7 Å². The summed E-state index contributed by atoms with van der Waals surface area (Å²) in [5, 5.41) is 4.62. The van der Waals surface area contributed by atoms with Gasteiger partial charge in [-0.2, -0.15) is 4.98 Å². The Labute approximate surface area is 164 Å². The van der Waals surface area contributed by atoms with Gasteiger partial charge in [0.2, 0.25) is 5.82 Å². The van der Waals surface area contributed by atoms with Crippen LogP contribution in [0.15, 0.2) is 33.8 Å². The second kappa shape index (κ2) is 6.42. The minimum Gasteiger partial charge on any atom is -0.368 e. The lowest BCUT2D eigenvalue weighted by Gasteiger charge is -2.15. The van der Waals surface area contributed by atoms with Crippen molar-refractivity contribution in [2.75, 3.05) is 6.61 Å². The van der Waals surface area contributed by atoms with Crippen molar-refractivity contribution in [1.82, 2.24) is 24.1 Å². The van der Waals surface area contributed by atoms with Crippen LogP contribution in [0.1, 0.15) is 44.7 Å². The molecule has 0 saturated carbocycles. The molecular weight excluding hydrogens is 382 g/mol. The summed E-state index contributed by atoms with van der Waals surface area (Å²) in [6, 6.07) is 5.40. The molecule has 1 saturated heterocycles. The van der Waals surface area contributed by atoms with Crippen molar-refractivity contribution in [3.63, 3.8) is 0 Å². The summed E-state index contributed by atoms with van der Waals surface area (Å²) >= 11 is 6.18. The quantitative estimate of drug-likeness (QED) is 0.521. The highest BCUT2D eigenvalue weighted by Gasteiger charge is 2.26. The fourth-order valence-electron chi connectivity index (χ4n) is 3.76. The number of benzene rings is 1. The molecule has 144 valence electrons. The maximum absolute atomic E-state index is 13.4. The van der Waals surface area contributed by atoms with E-state index in [1.807, 2.05) is 19.9 Å². The van der Waals surface area contributed by atoms with Gasteiger partial charge in [-0.25, -0.2) is 4.98 Å². The monoisotopic (exact) mass is 399 g/mol. The Balaban J connectivity index is 1.77. The molecule has 1 aromatic carbocycles. The summed E-state index contributed by atoms with van der Waals surface area (Å²) in [5.41, 5.74) is 2.19. The molecule has 1 atom stereocenters. The highest BCUT2D eigenvalue weighted by Crippen LogP contribution is 2.30. The van der Waals surface area contributed by atoms with Crippen LogP contribution in [-0.2, 0) is 4.74 Å². The average Bonchev–Trinajstić information content (AvgIpc) is 3.40. The Morgan fingerprint density at radius 2 is 2.14 bits per heavy atom. The summed E-state index contributed by atoms with van der Waals surface area (Å²) in [5.74, 6) is 0.708. The minimum atomic E-state index is -0.189. The van der Waals surface area contributed by atoms with Crippen molar-refractivity contribution >= 4 is 28.2 Å². The molecule has 8 nitrogen and oxygen atoms in total. The third-order valence-electron chi connectivity index (χ3n) is 5.02. The highest BCUT2D eigenvalue weighted by molar-refractivity contribution is 6.31. The summed E-state index contributed by atoms with van der Waals surface area (Å²) in [7, 11) is 0. The third kappa shape index (κ3) is 2.56. The molecule has 0 spiro atoms. The average molecular weight is 400 g/mol. The van der Waals surface area contributed by atoms with E-state index < -0.39 is 0 Å². The number of rotatable bonds is 3. The van der Waals surface area contributed by atoms with Crippen LogP contribution in [0.5, 0.6) is 0 Å². The first kappa shape index (κ1) is 17.4. The molecule has 0 amide bonds. The number of fused-ring (bicyclic) bond motifs is 3. The van der Waals surface area contributed by atoms with Gasteiger partial charge in [0, 0.05) is 17.7 Å². The third-order valence-corrected chi connectivity index (χ3v) is 5.26. The molecule has 9 heteroatoms. The van der Waals surface area contributed by atoms with E-state index in [1.54, 1.807) is 27.4 Å². The van der Waals surface area contributed by atoms with E-state index in [2.05, 4.69) is 15.1 Å². The van der Waals surface area contributed by atoms with Gasteiger partial charge in [0.15, 0.2) is 0 Å². The molecule has 0 N–H and O–H groups in total. The first-order valence-electron chi connectivity index (χ1n) is 9.21. The van der Waals surface area contributed by atoms with E-state index in [1.165, 1.54) is 0 Å². The smallest absolute Gasteiger partial charge is 0.278 e. The second-order valence-corrected chi connectivity index (χ2v) is 7.61. The number of nitrogens with zero attached hydrogens (tertiary/aromatic N) is 5. The Morgan fingerprint density at radius 1 is 1.29 bits per heavy atom. The molecule has 0 aliphatic carbocycles. The number of hydrogen-bond donors (Lipinski definition) is 0. The van der Waals surface area contributed by atoms with Crippen molar-refractivity contribution in [3.05, 3.63) is 45.8 Å². The molecular formula is C19H18ClN5O3. The van der Waals surface area contributed by atoms with Crippen LogP contribution in [0.4, 0.5) is 0 Å². The lowest BCUT2D eigenvalue weighted by atomic mass is 10.2. The van der Waals surface area contributed by atoms with E-state index >= 15 is 0 Å². The zero-order chi connectivity index (χ0) is 19.4. The molecule has 1 fully saturated rings. The number of imidazole rings is 1. The van der Waals surface area contributed by atoms with Crippen molar-refractivity contribution in [2.24, 2.45) is 0 Å². The van der Waals surface area contributed by atoms with E-state index in [4.69, 9.17) is 20.9 Å². The zero-order valence-electron chi connectivity index (χ0n) is 15.4. The first-order chi connectivity index (χ1) is 13.5. The lowest BCUT2D eigenvalue weighted by Crippen LogP contribution is -2.24. The van der Waals surface area contributed by atoms with Crippen LogP contribution in [0.3, 0.4) is 0 Å². The maximum Gasteiger partial charge on any atom is 0.278 e. The van der Waals surface area contributed by atoms with Crippen molar-refractivity contribution in [1.29, 1.82) is 0 Å². The standard InChI is InChI=1S/C19H18ClN5O3/c1-10(2)25-13-8-11(20)5-6-12(13)24-9-21-15(16(24)19(25)26)17-22-18(28-23-17)14-4-3-7-27-14/h5-6,8-10,14H,3-4,7H2,1-2H3. The van der Waals surface area contributed by atoms with Crippen LogP contribution >= 0.6 is 11.6 Å². The summed E-state index contributed by atoms with van der Waals surface area (Å²) in [6.07, 6.45) is 3.22. The molecule has 3 aromatic heterocycles. The molecule has 28 heavy (non-hydrogen) atoms.